The van der Waals surface area contributed by atoms with Crippen LogP contribution >= 0.6 is 0 Å². The zero-order chi connectivity index (χ0) is 25.5. The standard InChI is InChI=1S/C35H20N4/c1-2-9-21(10-3-1)34-26-11-4-5-15-27(26)37-35(38-34)39-29-17-7-13-23-22-12-6-16-28-31(22)25(19-20-36-28)24-14-8-18-30(39)33(24)32(23)29/h1-20H. The minimum Gasteiger partial charge on any atom is -0.278 e. The molecule has 9 rings (SSSR count). The van der Waals surface area contributed by atoms with Crippen molar-refractivity contribution in [2.45, 2.75) is 0 Å². The van der Waals surface area contributed by atoms with Crippen LogP contribution in [0.15, 0.2) is 121 Å². The van der Waals surface area contributed by atoms with Crippen molar-refractivity contribution in [3.05, 3.63) is 121 Å². The van der Waals surface area contributed by atoms with Crippen LogP contribution in [0.3, 0.4) is 0 Å². The van der Waals surface area contributed by atoms with Gasteiger partial charge >= 0.3 is 0 Å². The van der Waals surface area contributed by atoms with E-state index in [4.69, 9.17) is 15.0 Å². The molecule has 0 spiro atoms. The quantitative estimate of drug-likeness (QED) is 0.241. The van der Waals surface area contributed by atoms with Crippen molar-refractivity contribution in [2.24, 2.45) is 0 Å². The summed E-state index contributed by atoms with van der Waals surface area (Å²) in [5, 5.41) is 4.70. The number of pyridine rings is 1. The highest BCUT2D eigenvalue weighted by molar-refractivity contribution is 6.26. The van der Waals surface area contributed by atoms with Gasteiger partial charge in [-0.25, -0.2) is 9.97 Å². The summed E-state index contributed by atoms with van der Waals surface area (Å²) in [6, 6.07) is 40.4. The summed E-state index contributed by atoms with van der Waals surface area (Å²) in [5.74, 6) is 0.676. The van der Waals surface area contributed by atoms with E-state index >= 15 is 0 Å². The minimum absolute atomic E-state index is 0.676. The summed E-state index contributed by atoms with van der Waals surface area (Å²) in [6.07, 6.45) is 1.92. The maximum Gasteiger partial charge on any atom is 0.235 e. The SMILES string of the molecule is c1ccc(-c2nc(-n3c4cccc5c4c4c(cccc43)-c3ccnc4cccc-5c34)nc3ccccc23)cc1. The summed E-state index contributed by atoms with van der Waals surface area (Å²) in [4.78, 5) is 15.1. The Morgan fingerprint density at radius 3 is 1.85 bits per heavy atom. The zero-order valence-electron chi connectivity index (χ0n) is 20.8. The van der Waals surface area contributed by atoms with Gasteiger partial charge in [0.2, 0.25) is 5.95 Å². The van der Waals surface area contributed by atoms with Crippen LogP contribution in [0.4, 0.5) is 0 Å². The molecule has 8 aromatic rings. The molecule has 0 atom stereocenters. The molecule has 1 aliphatic rings. The fraction of sp³-hybridized carbons (Fsp3) is 0. The molecular weight excluding hydrogens is 476 g/mol. The first kappa shape index (κ1) is 20.7. The third kappa shape index (κ3) is 2.75. The Hall–Kier alpha value is -5.35. The Morgan fingerprint density at radius 2 is 1.08 bits per heavy atom. The Balaban J connectivity index is 1.46. The van der Waals surface area contributed by atoms with Crippen molar-refractivity contribution in [3.8, 4) is 39.5 Å². The van der Waals surface area contributed by atoms with Gasteiger partial charge in [-0.3, -0.25) is 9.55 Å². The Kier molecular flexibility index (Phi) is 4.02. The van der Waals surface area contributed by atoms with Gasteiger partial charge in [0, 0.05) is 33.3 Å². The van der Waals surface area contributed by atoms with Crippen LogP contribution in [0.25, 0.3) is 83.1 Å². The summed E-state index contributed by atoms with van der Waals surface area (Å²) in [5.41, 5.74) is 11.0. The molecule has 1 aliphatic carbocycles. The first-order chi connectivity index (χ1) is 19.4. The van der Waals surface area contributed by atoms with Gasteiger partial charge in [0.05, 0.1) is 27.8 Å². The monoisotopic (exact) mass is 496 g/mol. The molecule has 4 nitrogen and oxygen atoms in total. The fourth-order valence-corrected chi connectivity index (χ4v) is 6.41. The van der Waals surface area contributed by atoms with Gasteiger partial charge in [-0.1, -0.05) is 84.9 Å². The maximum absolute atomic E-state index is 5.24. The van der Waals surface area contributed by atoms with Crippen molar-refractivity contribution in [2.75, 3.05) is 0 Å². The lowest BCUT2D eigenvalue weighted by Gasteiger charge is -2.13. The summed E-state index contributed by atoms with van der Waals surface area (Å²) >= 11 is 0. The van der Waals surface area contributed by atoms with Crippen molar-refractivity contribution in [1.29, 1.82) is 0 Å². The molecule has 0 N–H and O–H groups in total. The van der Waals surface area contributed by atoms with E-state index in [2.05, 4.69) is 108 Å². The van der Waals surface area contributed by atoms with Gasteiger partial charge in [0.15, 0.2) is 0 Å². The van der Waals surface area contributed by atoms with Crippen molar-refractivity contribution in [3.63, 3.8) is 0 Å². The first-order valence-electron chi connectivity index (χ1n) is 13.1. The maximum atomic E-state index is 5.24. The van der Waals surface area contributed by atoms with E-state index in [0.717, 1.165) is 38.7 Å². The van der Waals surface area contributed by atoms with Crippen LogP contribution in [0.5, 0.6) is 0 Å². The number of para-hydroxylation sites is 1. The molecule has 0 saturated heterocycles. The lowest BCUT2D eigenvalue weighted by Crippen LogP contribution is -2.03. The molecule has 4 heteroatoms. The normalized spacial score (nSPS) is 12.1. The van der Waals surface area contributed by atoms with Crippen LogP contribution in [0.2, 0.25) is 0 Å². The molecule has 0 amide bonds. The highest BCUT2D eigenvalue weighted by atomic mass is 15.2. The lowest BCUT2D eigenvalue weighted by molar-refractivity contribution is 1.01. The van der Waals surface area contributed by atoms with Gasteiger partial charge in [0.25, 0.3) is 0 Å². The van der Waals surface area contributed by atoms with E-state index in [1.54, 1.807) is 0 Å². The predicted octanol–water partition coefficient (Wildman–Crippen LogP) is 8.59. The number of hydrogen-bond donors (Lipinski definition) is 0. The molecule has 180 valence electrons. The fourth-order valence-electron chi connectivity index (χ4n) is 6.41. The second kappa shape index (κ2) is 7.59. The lowest BCUT2D eigenvalue weighted by atomic mass is 9.96. The molecule has 0 bridgehead atoms. The number of fused-ring (bicyclic) bond motifs is 3. The van der Waals surface area contributed by atoms with Gasteiger partial charge in [0.1, 0.15) is 0 Å². The Bertz CT molecular complexity index is 2180. The highest BCUT2D eigenvalue weighted by Gasteiger charge is 2.25. The number of benzene rings is 5. The first-order valence-corrected chi connectivity index (χ1v) is 13.1. The van der Waals surface area contributed by atoms with Crippen LogP contribution in [0.1, 0.15) is 0 Å². The van der Waals surface area contributed by atoms with Gasteiger partial charge in [-0.2, -0.15) is 0 Å². The molecule has 39 heavy (non-hydrogen) atoms. The molecule has 5 aromatic carbocycles. The molecular formula is C35H20N4. The average molecular weight is 497 g/mol. The smallest absolute Gasteiger partial charge is 0.235 e. The molecule has 0 aliphatic heterocycles. The summed E-state index contributed by atoms with van der Waals surface area (Å²) in [6.45, 7) is 0. The van der Waals surface area contributed by atoms with Crippen molar-refractivity contribution < 1.29 is 0 Å². The summed E-state index contributed by atoms with van der Waals surface area (Å²) in [7, 11) is 0. The van der Waals surface area contributed by atoms with Crippen molar-refractivity contribution in [1.82, 2.24) is 19.5 Å². The third-order valence-corrected chi connectivity index (χ3v) is 8.00. The zero-order valence-corrected chi connectivity index (χ0v) is 20.8. The summed E-state index contributed by atoms with van der Waals surface area (Å²) < 4.78 is 2.24. The van der Waals surface area contributed by atoms with Crippen LogP contribution in [0, 0.1) is 0 Å². The Morgan fingerprint density at radius 1 is 0.462 bits per heavy atom. The van der Waals surface area contributed by atoms with E-state index in [0.29, 0.717) is 5.95 Å². The average Bonchev–Trinajstić information content (AvgIpc) is 3.29. The Labute approximate surface area is 223 Å². The molecule has 0 radical (unpaired) electrons. The highest BCUT2D eigenvalue weighted by Crippen LogP contribution is 2.48. The second-order valence-electron chi connectivity index (χ2n) is 10.0. The van der Waals surface area contributed by atoms with E-state index in [1.807, 2.05) is 18.3 Å². The largest absolute Gasteiger partial charge is 0.278 e. The van der Waals surface area contributed by atoms with Crippen LogP contribution in [-0.2, 0) is 0 Å². The van der Waals surface area contributed by atoms with Crippen LogP contribution < -0.4 is 0 Å². The minimum atomic E-state index is 0.676. The number of aromatic nitrogens is 4. The second-order valence-corrected chi connectivity index (χ2v) is 10.0. The van der Waals surface area contributed by atoms with Gasteiger partial charge in [-0.05, 0) is 52.6 Å². The number of rotatable bonds is 2. The predicted molar refractivity (Wildman–Crippen MR) is 159 cm³/mol. The molecule has 0 fully saturated rings. The van der Waals surface area contributed by atoms with E-state index in [-0.39, 0.29) is 0 Å². The molecule has 3 heterocycles. The van der Waals surface area contributed by atoms with E-state index in [9.17, 15) is 0 Å². The van der Waals surface area contributed by atoms with Gasteiger partial charge in [-0.15, -0.1) is 0 Å². The van der Waals surface area contributed by atoms with Crippen LogP contribution in [-0.4, -0.2) is 19.5 Å². The third-order valence-electron chi connectivity index (χ3n) is 8.00. The number of nitrogens with zero attached hydrogens (tertiary/aromatic N) is 4. The topological polar surface area (TPSA) is 43.6 Å². The molecule has 3 aromatic heterocycles. The molecule has 0 saturated carbocycles. The van der Waals surface area contributed by atoms with Crippen molar-refractivity contribution >= 4 is 43.6 Å². The van der Waals surface area contributed by atoms with Gasteiger partial charge < -0.3 is 0 Å². The molecule has 0 unspecified atom stereocenters. The van der Waals surface area contributed by atoms with E-state index in [1.165, 1.54) is 38.4 Å². The van der Waals surface area contributed by atoms with E-state index < -0.39 is 0 Å². The number of hydrogen-bond acceptors (Lipinski definition) is 3.